The number of nitrogens with one attached hydrogen (secondary N) is 1. The molecule has 0 spiro atoms. The van der Waals surface area contributed by atoms with Crippen LogP contribution in [0.15, 0.2) is 6.33 Å². The van der Waals surface area contributed by atoms with Gasteiger partial charge >= 0.3 is 12.7 Å². The van der Waals surface area contributed by atoms with Crippen LogP contribution >= 0.6 is 18.1 Å². The van der Waals surface area contributed by atoms with E-state index in [1.807, 2.05) is 13.8 Å². The molecule has 196 valence electrons. The molecule has 5 unspecified atom stereocenters. The lowest BCUT2D eigenvalue weighted by atomic mass is 10.0. The summed E-state index contributed by atoms with van der Waals surface area (Å²) in [6, 6.07) is -0.817. The molecule has 2 aromatic rings. The molecule has 0 bridgehead atoms. The molecule has 13 nitrogen and oxygen atoms in total. The average molecular weight is 533 g/mol. The minimum Gasteiger partial charge on any atom is -0.476 e. The van der Waals surface area contributed by atoms with Crippen molar-refractivity contribution >= 4 is 41.2 Å². The number of fused-ring (bicyclic) bond motifs is 1. The highest BCUT2D eigenvalue weighted by atomic mass is 32.7. The Balaban J connectivity index is 1.75. The molecule has 15 heteroatoms. The zero-order chi connectivity index (χ0) is 25.8. The molecule has 0 radical (unpaired) electrons. The first-order chi connectivity index (χ1) is 16.5. The topological polar surface area (TPSA) is 173 Å². The fourth-order valence-corrected chi connectivity index (χ4v) is 7.37. The number of ether oxygens (including phenoxy) is 3. The monoisotopic (exact) mass is 532 g/mol. The summed E-state index contributed by atoms with van der Waals surface area (Å²) in [5, 5.41) is 13.9. The molecule has 1 saturated heterocycles. The van der Waals surface area contributed by atoms with Gasteiger partial charge in [0.2, 0.25) is 11.8 Å². The van der Waals surface area contributed by atoms with Gasteiger partial charge in [0.1, 0.15) is 11.6 Å². The van der Waals surface area contributed by atoms with Crippen molar-refractivity contribution in [1.29, 1.82) is 0 Å². The molecule has 3 rings (SSSR count). The van der Waals surface area contributed by atoms with Gasteiger partial charge in [0, 0.05) is 12.2 Å². The standard InChI is InChI=1S/C20H33N6O7PS/c1-6-30-16-14-15(23-19(21)24-16)26(11-22-14)18-20(5,28)9-13(33-18)10-32-34(29,35-8-3)25-12(4)17(27)31-7-2/h11-13,18,28H,6-10H2,1-5H3,(H,25,29)(H2,21,23,24). The normalized spacial score (nSPS) is 24.9. The van der Waals surface area contributed by atoms with Crippen molar-refractivity contribution in [3.05, 3.63) is 6.33 Å². The number of anilines is 1. The summed E-state index contributed by atoms with van der Waals surface area (Å²) >= 11 is 1.07. The maximum absolute atomic E-state index is 13.3. The summed E-state index contributed by atoms with van der Waals surface area (Å²) in [4.78, 5) is 24.6. The second kappa shape index (κ2) is 11.4. The summed E-state index contributed by atoms with van der Waals surface area (Å²) in [6.07, 6.45) is 0.211. The van der Waals surface area contributed by atoms with E-state index in [0.717, 1.165) is 11.4 Å². The first-order valence-corrected chi connectivity index (χ1v) is 14.6. The van der Waals surface area contributed by atoms with E-state index in [1.54, 1.807) is 25.3 Å². The molecule has 3 heterocycles. The number of rotatable bonds is 12. The zero-order valence-electron chi connectivity index (χ0n) is 20.5. The van der Waals surface area contributed by atoms with Gasteiger partial charge < -0.3 is 29.6 Å². The van der Waals surface area contributed by atoms with Gasteiger partial charge in [-0.1, -0.05) is 18.3 Å². The van der Waals surface area contributed by atoms with Crippen LogP contribution in [0.3, 0.4) is 0 Å². The quantitative estimate of drug-likeness (QED) is 0.269. The van der Waals surface area contributed by atoms with Crippen LogP contribution in [0.1, 0.15) is 47.3 Å². The predicted octanol–water partition coefficient (Wildman–Crippen LogP) is 2.26. The molecular formula is C20H33N6O7PS. The lowest BCUT2D eigenvalue weighted by molar-refractivity contribution is -0.144. The Morgan fingerprint density at radius 1 is 1.43 bits per heavy atom. The van der Waals surface area contributed by atoms with Gasteiger partial charge in [-0.05, 0) is 27.7 Å². The Morgan fingerprint density at radius 2 is 2.17 bits per heavy atom. The largest absolute Gasteiger partial charge is 0.476 e. The molecule has 0 aliphatic carbocycles. The Kier molecular flexibility index (Phi) is 9.00. The molecule has 0 aromatic carbocycles. The van der Waals surface area contributed by atoms with Crippen molar-refractivity contribution < 1.29 is 33.2 Å². The Labute approximate surface area is 207 Å². The van der Waals surface area contributed by atoms with Gasteiger partial charge in [0.15, 0.2) is 17.4 Å². The number of nitrogens with two attached hydrogens (primary N) is 1. The highest BCUT2D eigenvalue weighted by Gasteiger charge is 2.46. The third kappa shape index (κ3) is 6.43. The third-order valence-electron chi connectivity index (χ3n) is 5.16. The first kappa shape index (κ1) is 27.6. The smallest absolute Gasteiger partial charge is 0.327 e. The highest BCUT2D eigenvalue weighted by molar-refractivity contribution is 8.56. The lowest BCUT2D eigenvalue weighted by Crippen LogP contribution is -2.33. The molecule has 2 aromatic heterocycles. The van der Waals surface area contributed by atoms with Crippen LogP contribution in [-0.4, -0.2) is 73.9 Å². The van der Waals surface area contributed by atoms with Gasteiger partial charge in [-0.2, -0.15) is 9.97 Å². The van der Waals surface area contributed by atoms with Crippen molar-refractivity contribution in [2.45, 2.75) is 65.0 Å². The summed E-state index contributed by atoms with van der Waals surface area (Å²) in [5.74, 6) is 0.216. The van der Waals surface area contributed by atoms with Crippen molar-refractivity contribution in [2.75, 3.05) is 31.3 Å². The second-order valence-electron chi connectivity index (χ2n) is 8.13. The summed E-state index contributed by atoms with van der Waals surface area (Å²) < 4.78 is 37.2. The zero-order valence-corrected chi connectivity index (χ0v) is 22.2. The van der Waals surface area contributed by atoms with Gasteiger partial charge in [-0.3, -0.25) is 13.9 Å². The Hall–Kier alpha value is -1.96. The number of aromatic nitrogens is 4. The number of hydrogen-bond donors (Lipinski definition) is 3. The van der Waals surface area contributed by atoms with Crippen LogP contribution in [0.5, 0.6) is 5.88 Å². The first-order valence-electron chi connectivity index (χ1n) is 11.4. The number of imidazole rings is 1. The highest BCUT2D eigenvalue weighted by Crippen LogP contribution is 2.56. The number of esters is 1. The number of carbonyl (C=O) groups is 1. The lowest BCUT2D eigenvalue weighted by Gasteiger charge is -2.25. The SMILES string of the molecule is CCOC(=O)C(C)NP(=O)(OCC1CC(C)(O)C(n2cnc3c(OCC)nc(N)nc32)O1)SCC. The van der Waals surface area contributed by atoms with Crippen LogP contribution in [0.2, 0.25) is 0 Å². The third-order valence-corrected chi connectivity index (χ3v) is 9.37. The van der Waals surface area contributed by atoms with E-state index in [0.29, 0.717) is 23.5 Å². The molecule has 5 atom stereocenters. The number of hydrogen-bond acceptors (Lipinski definition) is 12. The van der Waals surface area contributed by atoms with Gasteiger partial charge in [0.25, 0.3) is 0 Å². The molecular weight excluding hydrogens is 499 g/mol. The van der Waals surface area contributed by atoms with Crippen LogP contribution in [-0.2, 0) is 23.4 Å². The van der Waals surface area contributed by atoms with Crippen molar-refractivity contribution in [2.24, 2.45) is 0 Å². The molecule has 1 aliphatic heterocycles. The molecule has 35 heavy (non-hydrogen) atoms. The number of aliphatic hydroxyl groups is 1. The van der Waals surface area contributed by atoms with E-state index in [4.69, 9.17) is 24.5 Å². The second-order valence-corrected chi connectivity index (χ2v) is 12.7. The van der Waals surface area contributed by atoms with Crippen LogP contribution in [0.25, 0.3) is 11.2 Å². The Bertz CT molecular complexity index is 1080. The summed E-state index contributed by atoms with van der Waals surface area (Å²) in [5.41, 5.74) is 5.26. The number of carbonyl (C=O) groups excluding carboxylic acids is 1. The predicted molar refractivity (Wildman–Crippen MR) is 131 cm³/mol. The molecule has 0 amide bonds. The van der Waals surface area contributed by atoms with E-state index in [-0.39, 0.29) is 31.5 Å². The fourth-order valence-electron chi connectivity index (χ4n) is 3.74. The maximum Gasteiger partial charge on any atom is 0.327 e. The molecule has 0 saturated carbocycles. The number of nitrogens with zero attached hydrogens (tertiary/aromatic N) is 4. The molecule has 1 fully saturated rings. The molecule has 4 N–H and O–H groups in total. The summed E-state index contributed by atoms with van der Waals surface area (Å²) in [6.45, 7) is 5.58. The van der Waals surface area contributed by atoms with Gasteiger partial charge in [0.05, 0.1) is 32.3 Å². The van der Waals surface area contributed by atoms with Gasteiger partial charge in [-0.15, -0.1) is 0 Å². The van der Waals surface area contributed by atoms with E-state index < -0.39 is 36.7 Å². The Morgan fingerprint density at radius 3 is 2.83 bits per heavy atom. The minimum absolute atomic E-state index is 0.000420. The van der Waals surface area contributed by atoms with E-state index in [2.05, 4.69) is 20.0 Å². The van der Waals surface area contributed by atoms with E-state index in [9.17, 15) is 14.5 Å². The van der Waals surface area contributed by atoms with Crippen LogP contribution in [0.4, 0.5) is 5.95 Å². The van der Waals surface area contributed by atoms with Crippen molar-refractivity contribution in [1.82, 2.24) is 24.6 Å². The van der Waals surface area contributed by atoms with E-state index >= 15 is 0 Å². The molecule has 1 aliphatic rings. The van der Waals surface area contributed by atoms with Gasteiger partial charge in [-0.25, -0.2) is 10.1 Å². The van der Waals surface area contributed by atoms with Crippen LogP contribution in [0, 0.1) is 0 Å². The van der Waals surface area contributed by atoms with Crippen molar-refractivity contribution in [3.8, 4) is 5.88 Å². The number of nitrogen functional groups attached to an aromatic ring is 1. The van der Waals surface area contributed by atoms with Crippen molar-refractivity contribution in [3.63, 3.8) is 0 Å². The maximum atomic E-state index is 13.3. The van der Waals surface area contributed by atoms with Crippen LogP contribution < -0.4 is 15.6 Å². The van der Waals surface area contributed by atoms with E-state index in [1.165, 1.54) is 6.33 Å². The fraction of sp³-hybridized carbons (Fsp3) is 0.700. The average Bonchev–Trinajstić information content (AvgIpc) is 3.32. The minimum atomic E-state index is -3.46. The summed E-state index contributed by atoms with van der Waals surface area (Å²) in [7, 11) is 0.